The molecule has 0 atom stereocenters. The van der Waals surface area contributed by atoms with Crippen molar-refractivity contribution in [2.24, 2.45) is 0 Å². The van der Waals surface area contributed by atoms with Crippen LogP contribution in [-0.2, 0) is 0 Å². The van der Waals surface area contributed by atoms with Gasteiger partial charge in [0, 0.05) is 11.9 Å². The van der Waals surface area contributed by atoms with Gasteiger partial charge < -0.3 is 5.43 Å². The second kappa shape index (κ2) is 3.73. The van der Waals surface area contributed by atoms with Crippen LogP contribution < -0.4 is 10.9 Å². The van der Waals surface area contributed by atoms with Gasteiger partial charge in [0.25, 0.3) is 0 Å². The van der Waals surface area contributed by atoms with E-state index in [4.69, 9.17) is 5.41 Å². The highest BCUT2D eigenvalue weighted by Gasteiger charge is 2.03. The predicted molar refractivity (Wildman–Crippen MR) is 60.2 cm³/mol. The van der Waals surface area contributed by atoms with Crippen LogP contribution in [0.5, 0.6) is 0 Å². The molecule has 15 heavy (non-hydrogen) atoms. The first kappa shape index (κ1) is 9.71. The Labute approximate surface area is 88.1 Å². The summed E-state index contributed by atoms with van der Waals surface area (Å²) in [6.07, 6.45) is 0. The molecule has 0 spiro atoms. The molecule has 2 N–H and O–H groups in total. The molecule has 0 aliphatic rings. The number of fused-ring (bicyclic) bond motifs is 1. The molecule has 0 aliphatic carbocycles. The van der Waals surface area contributed by atoms with Crippen LogP contribution in [0.1, 0.15) is 12.7 Å². The summed E-state index contributed by atoms with van der Waals surface area (Å²) >= 11 is 0. The third-order valence-electron chi connectivity index (χ3n) is 2.30. The molecule has 0 aliphatic heterocycles. The average molecular weight is 202 g/mol. The molecule has 2 aromatic rings. The first-order valence-electron chi connectivity index (χ1n) is 5.01. The molecular formula is C11H14N4. The number of hydrogen-bond donors (Lipinski definition) is 2. The van der Waals surface area contributed by atoms with E-state index in [-0.39, 0.29) is 0 Å². The van der Waals surface area contributed by atoms with Crippen molar-refractivity contribution >= 4 is 10.9 Å². The van der Waals surface area contributed by atoms with Crippen LogP contribution in [0.4, 0.5) is 0 Å². The van der Waals surface area contributed by atoms with E-state index in [0.717, 1.165) is 23.3 Å². The molecule has 0 amide bonds. The van der Waals surface area contributed by atoms with Gasteiger partial charge >= 0.3 is 0 Å². The lowest BCUT2D eigenvalue weighted by molar-refractivity contribution is 0.745. The summed E-state index contributed by atoms with van der Waals surface area (Å²) in [5.41, 5.74) is 4.43. The number of rotatable bonds is 2. The minimum Gasteiger partial charge on any atom is -0.323 e. The van der Waals surface area contributed by atoms with Crippen LogP contribution in [0.25, 0.3) is 10.9 Å². The van der Waals surface area contributed by atoms with Crippen molar-refractivity contribution in [1.82, 2.24) is 9.66 Å². The number of aromatic nitrogens is 2. The van der Waals surface area contributed by atoms with Crippen molar-refractivity contribution in [1.29, 1.82) is 5.41 Å². The Morgan fingerprint density at radius 2 is 2.13 bits per heavy atom. The molecule has 1 aromatic carbocycles. The van der Waals surface area contributed by atoms with Crippen molar-refractivity contribution in [2.75, 3.05) is 12.0 Å². The second-order valence-electron chi connectivity index (χ2n) is 3.37. The number of benzene rings is 1. The van der Waals surface area contributed by atoms with Gasteiger partial charge in [-0.3, -0.25) is 5.41 Å². The van der Waals surface area contributed by atoms with Gasteiger partial charge in [-0.05, 0) is 26.0 Å². The summed E-state index contributed by atoms with van der Waals surface area (Å²) in [7, 11) is 0. The number of nitrogens with one attached hydrogen (secondary N) is 2. The van der Waals surface area contributed by atoms with Gasteiger partial charge in [-0.15, -0.1) is 0 Å². The van der Waals surface area contributed by atoms with E-state index in [1.54, 1.807) is 4.68 Å². The molecule has 0 bridgehead atoms. The van der Waals surface area contributed by atoms with Gasteiger partial charge in [0.15, 0.2) is 5.49 Å². The van der Waals surface area contributed by atoms with E-state index in [2.05, 4.69) is 10.4 Å². The monoisotopic (exact) mass is 202 g/mol. The molecule has 4 heteroatoms. The second-order valence-corrected chi connectivity index (χ2v) is 3.37. The van der Waals surface area contributed by atoms with Crippen LogP contribution in [0.15, 0.2) is 24.3 Å². The van der Waals surface area contributed by atoms with Gasteiger partial charge in [0.2, 0.25) is 0 Å². The molecule has 1 heterocycles. The zero-order chi connectivity index (χ0) is 10.8. The third kappa shape index (κ3) is 1.58. The van der Waals surface area contributed by atoms with Crippen LogP contribution in [-0.4, -0.2) is 16.2 Å². The third-order valence-corrected chi connectivity index (χ3v) is 2.30. The maximum atomic E-state index is 8.04. The van der Waals surface area contributed by atoms with Crippen molar-refractivity contribution < 1.29 is 0 Å². The lowest BCUT2D eigenvalue weighted by Gasteiger charge is -2.12. The first-order valence-corrected chi connectivity index (χ1v) is 5.01. The highest BCUT2D eigenvalue weighted by molar-refractivity contribution is 5.76. The molecule has 0 unspecified atom stereocenters. The molecule has 0 radical (unpaired) electrons. The van der Waals surface area contributed by atoms with Crippen molar-refractivity contribution in [3.8, 4) is 0 Å². The van der Waals surface area contributed by atoms with Gasteiger partial charge in [-0.1, -0.05) is 12.1 Å². The zero-order valence-electron chi connectivity index (χ0n) is 8.91. The van der Waals surface area contributed by atoms with Crippen molar-refractivity contribution in [3.63, 3.8) is 0 Å². The highest BCUT2D eigenvalue weighted by Crippen LogP contribution is 2.05. The van der Waals surface area contributed by atoms with E-state index in [9.17, 15) is 0 Å². The fraction of sp³-hybridized carbons (Fsp3) is 0.273. The van der Waals surface area contributed by atoms with Crippen LogP contribution >= 0.6 is 0 Å². The fourth-order valence-corrected chi connectivity index (χ4v) is 1.63. The van der Waals surface area contributed by atoms with E-state index >= 15 is 0 Å². The van der Waals surface area contributed by atoms with Crippen LogP contribution in [0.3, 0.4) is 0 Å². The Balaban J connectivity index is 2.78. The fourth-order valence-electron chi connectivity index (χ4n) is 1.63. The summed E-state index contributed by atoms with van der Waals surface area (Å²) in [5, 5.41) is 8.91. The Kier molecular flexibility index (Phi) is 2.41. The lowest BCUT2D eigenvalue weighted by atomic mass is 10.2. The molecule has 0 saturated heterocycles. The Hall–Kier alpha value is -1.84. The largest absolute Gasteiger partial charge is 0.323 e. The Bertz CT molecular complexity index is 542. The lowest BCUT2D eigenvalue weighted by Crippen LogP contribution is -2.31. The average Bonchev–Trinajstić information content (AvgIpc) is 2.24. The maximum absolute atomic E-state index is 8.04. The zero-order valence-corrected chi connectivity index (χ0v) is 8.91. The summed E-state index contributed by atoms with van der Waals surface area (Å²) in [6.45, 7) is 4.67. The van der Waals surface area contributed by atoms with E-state index in [1.165, 1.54) is 0 Å². The topological polar surface area (TPSA) is 53.7 Å². The number of nitrogens with zero attached hydrogens (tertiary/aromatic N) is 2. The summed E-state index contributed by atoms with van der Waals surface area (Å²) in [6, 6.07) is 7.70. The van der Waals surface area contributed by atoms with E-state index in [0.29, 0.717) is 5.49 Å². The molecule has 2 rings (SSSR count). The minimum absolute atomic E-state index is 0.458. The molecule has 1 aromatic heterocycles. The van der Waals surface area contributed by atoms with Crippen molar-refractivity contribution in [2.45, 2.75) is 13.8 Å². The summed E-state index contributed by atoms with van der Waals surface area (Å²) < 4.78 is 1.71. The Morgan fingerprint density at radius 1 is 1.40 bits per heavy atom. The van der Waals surface area contributed by atoms with Gasteiger partial charge in [-0.2, -0.15) is 0 Å². The number of hydrogen-bond acceptors (Lipinski definition) is 3. The van der Waals surface area contributed by atoms with Crippen LogP contribution in [0, 0.1) is 12.3 Å². The molecule has 4 nitrogen and oxygen atoms in total. The molecule has 78 valence electrons. The van der Waals surface area contributed by atoms with Gasteiger partial charge in [0.05, 0.1) is 5.52 Å². The first-order chi connectivity index (χ1) is 7.24. The quantitative estimate of drug-likeness (QED) is 0.773. The minimum atomic E-state index is 0.458. The smallest absolute Gasteiger partial charge is 0.154 e. The molecule has 0 saturated carbocycles. The predicted octanol–water partition coefficient (Wildman–Crippen LogP) is 1.39. The maximum Gasteiger partial charge on any atom is 0.154 e. The highest BCUT2D eigenvalue weighted by atomic mass is 15.4. The molecule has 0 fully saturated rings. The SMILES string of the molecule is CCNn1c(C)nc2ccccc2c1=N. The number of aryl methyl sites for hydroxylation is 1. The molecular weight excluding hydrogens is 188 g/mol. The van der Waals surface area contributed by atoms with Crippen molar-refractivity contribution in [3.05, 3.63) is 35.6 Å². The normalized spacial score (nSPS) is 10.5. The summed E-state index contributed by atoms with van der Waals surface area (Å²) in [4.78, 5) is 4.44. The summed E-state index contributed by atoms with van der Waals surface area (Å²) in [5.74, 6) is 0.806. The van der Waals surface area contributed by atoms with E-state index < -0.39 is 0 Å². The van der Waals surface area contributed by atoms with E-state index in [1.807, 2.05) is 38.1 Å². The van der Waals surface area contributed by atoms with Gasteiger partial charge in [-0.25, -0.2) is 9.66 Å². The number of para-hydroxylation sites is 1. The van der Waals surface area contributed by atoms with Gasteiger partial charge in [0.1, 0.15) is 5.82 Å². The van der Waals surface area contributed by atoms with Crippen LogP contribution in [0.2, 0.25) is 0 Å². The standard InChI is InChI=1S/C11H14N4/c1-3-13-15-8(2)14-10-7-5-4-6-9(10)11(15)12/h4-7,12-13H,3H2,1-2H3. The Morgan fingerprint density at radius 3 is 2.87 bits per heavy atom.